The molecular weight excluding hydrogens is 248 g/mol. The Balaban J connectivity index is 2.33. The largest absolute Gasteiger partial charge is 0.314 e. The van der Waals surface area contributed by atoms with Gasteiger partial charge in [0.2, 0.25) is 10.0 Å². The first-order chi connectivity index (χ1) is 8.42. The number of rotatable bonds is 7. The molecule has 1 saturated heterocycles. The molecule has 0 aliphatic carbocycles. The van der Waals surface area contributed by atoms with E-state index < -0.39 is 10.0 Å². The van der Waals surface area contributed by atoms with Crippen LogP contribution in [0.5, 0.6) is 0 Å². The Labute approximate surface area is 112 Å². The molecule has 0 radical (unpaired) electrons. The van der Waals surface area contributed by atoms with Gasteiger partial charge in [-0.05, 0) is 38.1 Å². The number of nitrogens with zero attached hydrogens (tertiary/aromatic N) is 1. The van der Waals surface area contributed by atoms with Crippen molar-refractivity contribution >= 4 is 10.0 Å². The molecule has 1 aliphatic rings. The highest BCUT2D eigenvalue weighted by Crippen LogP contribution is 2.13. The van der Waals surface area contributed by atoms with Crippen molar-refractivity contribution in [2.45, 2.75) is 52.0 Å². The van der Waals surface area contributed by atoms with E-state index in [1.807, 2.05) is 0 Å². The summed E-state index contributed by atoms with van der Waals surface area (Å²) in [5.41, 5.74) is 0. The lowest BCUT2D eigenvalue weighted by molar-refractivity contribution is 0.386. The smallest absolute Gasteiger partial charge is 0.213 e. The Morgan fingerprint density at radius 3 is 2.61 bits per heavy atom. The molecule has 5 heteroatoms. The summed E-state index contributed by atoms with van der Waals surface area (Å²) in [7, 11) is -1.36. The molecule has 1 atom stereocenters. The van der Waals surface area contributed by atoms with Gasteiger partial charge in [-0.15, -0.1) is 0 Å². The van der Waals surface area contributed by atoms with Crippen molar-refractivity contribution in [2.75, 3.05) is 25.9 Å². The summed E-state index contributed by atoms with van der Waals surface area (Å²) in [6.07, 6.45) is 5.23. The van der Waals surface area contributed by atoms with Gasteiger partial charge in [0, 0.05) is 19.6 Å². The van der Waals surface area contributed by atoms with Crippen molar-refractivity contribution in [3.63, 3.8) is 0 Å². The molecule has 0 amide bonds. The van der Waals surface area contributed by atoms with E-state index in [2.05, 4.69) is 19.2 Å². The molecule has 1 aliphatic heterocycles. The van der Waals surface area contributed by atoms with E-state index in [0.29, 0.717) is 18.5 Å². The summed E-state index contributed by atoms with van der Waals surface area (Å²) in [6, 6.07) is 0.395. The zero-order valence-electron chi connectivity index (χ0n) is 12.0. The topological polar surface area (TPSA) is 49.4 Å². The molecule has 4 nitrogen and oxygen atoms in total. The minimum Gasteiger partial charge on any atom is -0.314 e. The highest BCUT2D eigenvalue weighted by molar-refractivity contribution is 7.89. The molecule has 0 aromatic carbocycles. The van der Waals surface area contributed by atoms with Crippen LogP contribution in [0.2, 0.25) is 0 Å². The molecule has 1 unspecified atom stereocenters. The van der Waals surface area contributed by atoms with Crippen molar-refractivity contribution in [1.29, 1.82) is 0 Å². The van der Waals surface area contributed by atoms with Crippen LogP contribution in [-0.2, 0) is 10.0 Å². The lowest BCUT2D eigenvalue weighted by Gasteiger charge is -2.24. The first-order valence-electron chi connectivity index (χ1n) is 7.09. The third kappa shape index (κ3) is 5.67. The predicted octanol–water partition coefficient (Wildman–Crippen LogP) is 1.83. The molecular formula is C13H28N2O2S. The number of sulfonamides is 1. The van der Waals surface area contributed by atoms with Crippen LogP contribution in [-0.4, -0.2) is 44.7 Å². The van der Waals surface area contributed by atoms with Gasteiger partial charge in [-0.1, -0.05) is 20.3 Å². The number of nitrogens with one attached hydrogen (secondary N) is 1. The zero-order valence-corrected chi connectivity index (χ0v) is 12.8. The molecule has 0 aromatic rings. The van der Waals surface area contributed by atoms with Gasteiger partial charge in [-0.2, -0.15) is 0 Å². The van der Waals surface area contributed by atoms with E-state index in [-0.39, 0.29) is 5.75 Å². The minimum atomic E-state index is -3.06. The summed E-state index contributed by atoms with van der Waals surface area (Å²) < 4.78 is 25.7. The van der Waals surface area contributed by atoms with Crippen LogP contribution in [0.25, 0.3) is 0 Å². The van der Waals surface area contributed by atoms with Gasteiger partial charge in [0.1, 0.15) is 0 Å². The molecule has 18 heavy (non-hydrogen) atoms. The fourth-order valence-electron chi connectivity index (χ4n) is 2.20. The van der Waals surface area contributed by atoms with Gasteiger partial charge in [0.15, 0.2) is 0 Å². The summed E-state index contributed by atoms with van der Waals surface area (Å²) in [4.78, 5) is 0. The molecule has 108 valence electrons. The maximum absolute atomic E-state index is 12.1. The lowest BCUT2D eigenvalue weighted by atomic mass is 10.0. The number of hydrogen-bond donors (Lipinski definition) is 1. The summed E-state index contributed by atoms with van der Waals surface area (Å²) in [5.74, 6) is 0.821. The van der Waals surface area contributed by atoms with Crippen LogP contribution in [0.1, 0.15) is 46.0 Å². The van der Waals surface area contributed by atoms with Crippen LogP contribution in [0, 0.1) is 5.92 Å². The zero-order chi connectivity index (χ0) is 13.6. The molecule has 0 spiro atoms. The third-order valence-electron chi connectivity index (χ3n) is 3.63. The van der Waals surface area contributed by atoms with E-state index in [0.717, 1.165) is 25.8 Å². The third-order valence-corrected chi connectivity index (χ3v) is 5.52. The van der Waals surface area contributed by atoms with Crippen LogP contribution in [0.3, 0.4) is 0 Å². The van der Waals surface area contributed by atoms with Crippen LogP contribution in [0.4, 0.5) is 0 Å². The summed E-state index contributed by atoms with van der Waals surface area (Å²) >= 11 is 0. The molecule has 1 heterocycles. The number of piperidine rings is 1. The van der Waals surface area contributed by atoms with E-state index in [1.54, 1.807) is 7.05 Å². The maximum Gasteiger partial charge on any atom is 0.213 e. The van der Waals surface area contributed by atoms with E-state index in [9.17, 15) is 8.42 Å². The fourth-order valence-corrected chi connectivity index (χ4v) is 3.47. The quantitative estimate of drug-likeness (QED) is 0.772. The van der Waals surface area contributed by atoms with Crippen LogP contribution in [0.15, 0.2) is 0 Å². The Hall–Kier alpha value is -0.130. The van der Waals surface area contributed by atoms with Gasteiger partial charge in [-0.3, -0.25) is 0 Å². The average molecular weight is 276 g/mol. The van der Waals surface area contributed by atoms with Crippen LogP contribution >= 0.6 is 0 Å². The van der Waals surface area contributed by atoms with Crippen LogP contribution < -0.4 is 5.32 Å². The van der Waals surface area contributed by atoms with Gasteiger partial charge in [0.25, 0.3) is 0 Å². The van der Waals surface area contributed by atoms with Crippen molar-refractivity contribution in [3.05, 3.63) is 0 Å². The van der Waals surface area contributed by atoms with E-state index >= 15 is 0 Å². The van der Waals surface area contributed by atoms with Gasteiger partial charge in [0.05, 0.1) is 5.75 Å². The Kier molecular flexibility index (Phi) is 6.60. The second-order valence-corrected chi connectivity index (χ2v) is 7.95. The molecule has 0 bridgehead atoms. The van der Waals surface area contributed by atoms with Crippen molar-refractivity contribution in [1.82, 2.24) is 9.62 Å². The maximum atomic E-state index is 12.1. The first-order valence-corrected chi connectivity index (χ1v) is 8.70. The highest BCUT2D eigenvalue weighted by atomic mass is 32.2. The molecule has 1 rings (SSSR count). The first kappa shape index (κ1) is 15.9. The lowest BCUT2D eigenvalue weighted by Crippen LogP contribution is -2.38. The molecule has 0 saturated carbocycles. The Morgan fingerprint density at radius 1 is 1.33 bits per heavy atom. The standard InChI is InChI=1S/C13H28N2O2S/c1-12(2)7-10-15(3)18(16,17)11-8-13-6-4-5-9-14-13/h12-14H,4-11H2,1-3H3. The summed E-state index contributed by atoms with van der Waals surface area (Å²) in [5, 5.41) is 3.40. The van der Waals surface area contributed by atoms with Gasteiger partial charge >= 0.3 is 0 Å². The monoisotopic (exact) mass is 276 g/mol. The molecule has 1 fully saturated rings. The second kappa shape index (κ2) is 7.46. The average Bonchev–Trinajstić information content (AvgIpc) is 2.34. The Morgan fingerprint density at radius 2 is 2.06 bits per heavy atom. The minimum absolute atomic E-state index is 0.277. The molecule has 0 aromatic heterocycles. The van der Waals surface area contributed by atoms with Gasteiger partial charge < -0.3 is 5.32 Å². The fraction of sp³-hybridized carbons (Fsp3) is 1.00. The van der Waals surface area contributed by atoms with E-state index in [1.165, 1.54) is 17.1 Å². The predicted molar refractivity (Wildman–Crippen MR) is 76.1 cm³/mol. The Bertz CT molecular complexity index is 322. The van der Waals surface area contributed by atoms with Gasteiger partial charge in [-0.25, -0.2) is 12.7 Å². The van der Waals surface area contributed by atoms with Crippen molar-refractivity contribution < 1.29 is 8.42 Å². The number of hydrogen-bond acceptors (Lipinski definition) is 3. The molecule has 1 N–H and O–H groups in total. The van der Waals surface area contributed by atoms with E-state index in [4.69, 9.17) is 0 Å². The SMILES string of the molecule is CC(C)CCN(C)S(=O)(=O)CCC1CCCCN1. The normalized spacial score (nSPS) is 21.7. The second-order valence-electron chi connectivity index (χ2n) is 5.76. The highest BCUT2D eigenvalue weighted by Gasteiger charge is 2.21. The summed E-state index contributed by atoms with van der Waals surface area (Å²) in [6.45, 7) is 5.91. The van der Waals surface area contributed by atoms with Crippen molar-refractivity contribution in [3.8, 4) is 0 Å². The van der Waals surface area contributed by atoms with Crippen molar-refractivity contribution in [2.24, 2.45) is 5.92 Å².